The maximum atomic E-state index is 14.1. The van der Waals surface area contributed by atoms with E-state index in [2.05, 4.69) is 10.00 Å². The summed E-state index contributed by atoms with van der Waals surface area (Å²) in [5.41, 5.74) is 8.08. The average molecular weight is 453 g/mol. The topological polar surface area (TPSA) is 90.5 Å². The van der Waals surface area contributed by atoms with Gasteiger partial charge < -0.3 is 10.5 Å². The standard InChI is InChI=1S/C21H26F2N4O3S/c22-14-5-6-18(23)17(7-14)21-19(24)8-15(12-30-21)26-9-13-10-27(25-20(13)11-26)31(28,29)16-3-1-2-4-16/h5-7,10,15-16,19,21H,1-4,8-9,11-12,24H2/t15-,19+,21-/m1/s1. The molecule has 2 aliphatic heterocycles. The van der Waals surface area contributed by atoms with Crippen LogP contribution in [0.5, 0.6) is 0 Å². The van der Waals surface area contributed by atoms with Crippen LogP contribution in [0.15, 0.2) is 24.4 Å². The lowest BCUT2D eigenvalue weighted by Gasteiger charge is -2.38. The Morgan fingerprint density at radius 2 is 1.94 bits per heavy atom. The van der Waals surface area contributed by atoms with E-state index in [0.29, 0.717) is 39.0 Å². The smallest absolute Gasteiger partial charge is 0.256 e. The third kappa shape index (κ3) is 3.79. The Morgan fingerprint density at radius 3 is 2.65 bits per heavy atom. The molecule has 1 aromatic heterocycles. The summed E-state index contributed by atoms with van der Waals surface area (Å²) in [6.07, 6.45) is 4.79. The Bertz CT molecular complexity index is 1060. The van der Waals surface area contributed by atoms with Gasteiger partial charge >= 0.3 is 0 Å². The summed E-state index contributed by atoms with van der Waals surface area (Å²) in [6, 6.07) is 2.82. The zero-order valence-electron chi connectivity index (χ0n) is 17.1. The van der Waals surface area contributed by atoms with Gasteiger partial charge in [0.05, 0.1) is 17.6 Å². The summed E-state index contributed by atoms with van der Waals surface area (Å²) >= 11 is 0. The minimum absolute atomic E-state index is 0.00282. The van der Waals surface area contributed by atoms with Crippen LogP contribution in [0.3, 0.4) is 0 Å². The van der Waals surface area contributed by atoms with Crippen LogP contribution < -0.4 is 5.73 Å². The van der Waals surface area contributed by atoms with Gasteiger partial charge in [-0.1, -0.05) is 12.8 Å². The molecule has 168 valence electrons. The van der Waals surface area contributed by atoms with Crippen molar-refractivity contribution in [2.75, 3.05) is 6.61 Å². The first-order valence-electron chi connectivity index (χ1n) is 10.7. The first kappa shape index (κ1) is 21.0. The number of rotatable bonds is 4. The Kier molecular flexibility index (Phi) is 5.36. The Labute approximate surface area is 180 Å². The molecule has 2 fully saturated rings. The number of halogens is 2. The molecule has 0 unspecified atom stereocenters. The van der Waals surface area contributed by atoms with E-state index in [1.165, 1.54) is 0 Å². The van der Waals surface area contributed by atoms with E-state index < -0.39 is 33.8 Å². The second-order valence-electron chi connectivity index (χ2n) is 8.80. The van der Waals surface area contributed by atoms with E-state index in [-0.39, 0.29) is 16.9 Å². The van der Waals surface area contributed by atoms with Gasteiger partial charge in [-0.25, -0.2) is 17.2 Å². The van der Waals surface area contributed by atoms with Gasteiger partial charge in [0, 0.05) is 42.5 Å². The summed E-state index contributed by atoms with van der Waals surface area (Å²) in [4.78, 5) is 2.15. The number of nitrogens with zero attached hydrogens (tertiary/aromatic N) is 3. The summed E-state index contributed by atoms with van der Waals surface area (Å²) < 4.78 is 60.3. The summed E-state index contributed by atoms with van der Waals surface area (Å²) in [7, 11) is -3.44. The van der Waals surface area contributed by atoms with Gasteiger partial charge in [0.25, 0.3) is 10.0 Å². The molecule has 3 aliphatic rings. The van der Waals surface area contributed by atoms with E-state index in [0.717, 1.165) is 46.4 Å². The highest BCUT2D eigenvalue weighted by Gasteiger charge is 2.38. The molecule has 10 heteroatoms. The molecule has 5 rings (SSSR count). The first-order chi connectivity index (χ1) is 14.8. The molecule has 7 nitrogen and oxygen atoms in total. The van der Waals surface area contributed by atoms with Crippen LogP contribution in [0.4, 0.5) is 8.78 Å². The summed E-state index contributed by atoms with van der Waals surface area (Å²) in [5.74, 6) is -1.05. The zero-order chi connectivity index (χ0) is 21.8. The Morgan fingerprint density at radius 1 is 1.16 bits per heavy atom. The molecule has 3 atom stereocenters. The van der Waals surface area contributed by atoms with Crippen molar-refractivity contribution in [1.29, 1.82) is 0 Å². The molecule has 2 N–H and O–H groups in total. The number of benzene rings is 1. The number of aromatic nitrogens is 2. The molecule has 1 saturated heterocycles. The minimum Gasteiger partial charge on any atom is -0.370 e. The third-order valence-electron chi connectivity index (χ3n) is 6.75. The number of ether oxygens (including phenoxy) is 1. The molecule has 0 spiro atoms. The van der Waals surface area contributed by atoms with Crippen LogP contribution in [0, 0.1) is 11.6 Å². The maximum absolute atomic E-state index is 14.1. The van der Waals surface area contributed by atoms with Crippen molar-refractivity contribution in [2.24, 2.45) is 5.73 Å². The highest BCUT2D eigenvalue weighted by Crippen LogP contribution is 2.34. The predicted octanol–water partition coefficient (Wildman–Crippen LogP) is 2.45. The van der Waals surface area contributed by atoms with E-state index in [1.807, 2.05) is 0 Å². The quantitative estimate of drug-likeness (QED) is 0.767. The molecule has 0 radical (unpaired) electrons. The van der Waals surface area contributed by atoms with Gasteiger partial charge in [-0.2, -0.15) is 9.19 Å². The lowest BCUT2D eigenvalue weighted by molar-refractivity contribution is -0.0533. The molecule has 1 saturated carbocycles. The van der Waals surface area contributed by atoms with Crippen LogP contribution in [0.2, 0.25) is 0 Å². The number of hydrogen-bond acceptors (Lipinski definition) is 6. The molecule has 1 aliphatic carbocycles. The maximum Gasteiger partial charge on any atom is 0.256 e. The summed E-state index contributed by atoms with van der Waals surface area (Å²) in [6.45, 7) is 1.41. The highest BCUT2D eigenvalue weighted by molar-refractivity contribution is 7.90. The monoisotopic (exact) mass is 452 g/mol. The predicted molar refractivity (Wildman–Crippen MR) is 109 cm³/mol. The van der Waals surface area contributed by atoms with Crippen molar-refractivity contribution in [3.63, 3.8) is 0 Å². The number of hydrogen-bond donors (Lipinski definition) is 1. The fourth-order valence-electron chi connectivity index (χ4n) is 5.03. The first-order valence-corrected chi connectivity index (χ1v) is 12.2. The fraction of sp³-hybridized carbons (Fsp3) is 0.571. The van der Waals surface area contributed by atoms with Crippen LogP contribution in [-0.2, 0) is 27.8 Å². The summed E-state index contributed by atoms with van der Waals surface area (Å²) in [5, 5.41) is 4.04. The Hall–Kier alpha value is -1.88. The van der Waals surface area contributed by atoms with E-state index >= 15 is 0 Å². The molecule has 31 heavy (non-hydrogen) atoms. The van der Waals surface area contributed by atoms with Crippen molar-refractivity contribution in [3.05, 3.63) is 52.9 Å². The molecule has 3 heterocycles. The van der Waals surface area contributed by atoms with Crippen LogP contribution in [0.25, 0.3) is 0 Å². The third-order valence-corrected chi connectivity index (χ3v) is 8.77. The molecule has 0 amide bonds. The molecule has 2 aromatic rings. The van der Waals surface area contributed by atoms with E-state index in [9.17, 15) is 17.2 Å². The van der Waals surface area contributed by atoms with Crippen molar-refractivity contribution in [2.45, 2.75) is 68.6 Å². The highest BCUT2D eigenvalue weighted by atomic mass is 32.2. The zero-order valence-corrected chi connectivity index (χ0v) is 17.9. The van der Waals surface area contributed by atoms with Crippen LogP contribution in [0.1, 0.15) is 55.0 Å². The fourth-order valence-corrected chi connectivity index (χ4v) is 6.75. The van der Waals surface area contributed by atoms with Crippen molar-refractivity contribution < 1.29 is 21.9 Å². The van der Waals surface area contributed by atoms with Crippen LogP contribution in [-0.4, -0.2) is 46.4 Å². The van der Waals surface area contributed by atoms with Gasteiger partial charge in [0.1, 0.15) is 17.7 Å². The van der Waals surface area contributed by atoms with Gasteiger partial charge in [0.15, 0.2) is 0 Å². The minimum atomic E-state index is -3.44. The molecular formula is C21H26F2N4O3S. The van der Waals surface area contributed by atoms with E-state index in [1.54, 1.807) is 6.20 Å². The SMILES string of the molecule is N[C@H]1C[C@@H](N2Cc3cn(S(=O)(=O)C4CCCC4)nc3C2)CO[C@@H]1c1cc(F)ccc1F. The largest absolute Gasteiger partial charge is 0.370 e. The second-order valence-corrected chi connectivity index (χ2v) is 10.9. The molecule has 0 bridgehead atoms. The van der Waals surface area contributed by atoms with Crippen molar-refractivity contribution in [3.8, 4) is 0 Å². The number of nitrogens with two attached hydrogens (primary N) is 1. The lowest BCUT2D eigenvalue weighted by Crippen LogP contribution is -2.47. The molecule has 1 aromatic carbocycles. The van der Waals surface area contributed by atoms with Gasteiger partial charge in [-0.3, -0.25) is 4.90 Å². The van der Waals surface area contributed by atoms with Gasteiger partial charge in [-0.05, 0) is 37.5 Å². The van der Waals surface area contributed by atoms with E-state index in [4.69, 9.17) is 10.5 Å². The second kappa shape index (κ2) is 7.91. The van der Waals surface area contributed by atoms with Gasteiger partial charge in [0.2, 0.25) is 0 Å². The molecular weight excluding hydrogens is 426 g/mol. The van der Waals surface area contributed by atoms with Gasteiger partial charge in [-0.15, -0.1) is 0 Å². The van der Waals surface area contributed by atoms with Crippen molar-refractivity contribution >= 4 is 10.0 Å². The lowest BCUT2D eigenvalue weighted by atomic mass is 9.93. The average Bonchev–Trinajstić information content (AvgIpc) is 3.46. The normalized spacial score (nSPS) is 27.6. The Balaban J connectivity index is 1.25. The van der Waals surface area contributed by atoms with Crippen LogP contribution >= 0.6 is 0 Å². The number of fused-ring (bicyclic) bond motifs is 1. The van der Waals surface area contributed by atoms with Crippen molar-refractivity contribution in [1.82, 2.24) is 14.1 Å².